The maximum absolute atomic E-state index is 11.8. The molecule has 0 fully saturated rings. The molecule has 0 unspecified atom stereocenters. The fourth-order valence-electron chi connectivity index (χ4n) is 2.88. The minimum absolute atomic E-state index is 0.322. The zero-order valence-electron chi connectivity index (χ0n) is 11.7. The Morgan fingerprint density at radius 2 is 2.38 bits per heavy atom. The molecule has 0 aliphatic carbocycles. The lowest BCUT2D eigenvalue weighted by atomic mass is 10.0. The molecule has 106 valence electrons. The molecule has 0 saturated heterocycles. The second-order valence-corrected chi connectivity index (χ2v) is 4.99. The highest BCUT2D eigenvalue weighted by atomic mass is 16.1. The highest BCUT2D eigenvalue weighted by molar-refractivity contribution is 5.99. The molecular formula is C15H15N5O. The molecule has 0 atom stereocenters. The maximum Gasteiger partial charge on any atom is 0.251 e. The topological polar surface area (TPSA) is 96.7 Å². The van der Waals surface area contributed by atoms with Gasteiger partial charge in [-0.15, -0.1) is 0 Å². The number of aryl methyl sites for hydroxylation is 1. The van der Waals surface area contributed by atoms with Gasteiger partial charge in [0.1, 0.15) is 6.07 Å². The molecule has 0 bridgehead atoms. The van der Waals surface area contributed by atoms with Crippen LogP contribution in [0.5, 0.6) is 0 Å². The summed E-state index contributed by atoms with van der Waals surface area (Å²) < 4.78 is 2.01. The largest absolute Gasteiger partial charge is 0.366 e. The molecule has 21 heavy (non-hydrogen) atoms. The van der Waals surface area contributed by atoms with Crippen molar-refractivity contribution in [3.05, 3.63) is 40.8 Å². The zero-order valence-corrected chi connectivity index (χ0v) is 11.7. The molecule has 0 radical (unpaired) electrons. The molecule has 2 aromatic heterocycles. The van der Waals surface area contributed by atoms with E-state index < -0.39 is 5.91 Å². The summed E-state index contributed by atoms with van der Waals surface area (Å²) in [6.45, 7) is 3.91. The molecule has 6 heteroatoms. The Morgan fingerprint density at radius 3 is 3.05 bits per heavy atom. The minimum Gasteiger partial charge on any atom is -0.366 e. The van der Waals surface area contributed by atoms with Crippen LogP contribution in [0.25, 0.3) is 11.3 Å². The quantitative estimate of drug-likeness (QED) is 0.855. The molecule has 1 aliphatic rings. The molecule has 1 amide bonds. The van der Waals surface area contributed by atoms with Gasteiger partial charge in [0.05, 0.1) is 16.8 Å². The van der Waals surface area contributed by atoms with E-state index in [0.29, 0.717) is 24.2 Å². The van der Waals surface area contributed by atoms with Gasteiger partial charge in [-0.05, 0) is 19.1 Å². The van der Waals surface area contributed by atoms with Crippen molar-refractivity contribution in [2.24, 2.45) is 5.73 Å². The molecule has 6 nitrogen and oxygen atoms in total. The highest BCUT2D eigenvalue weighted by Crippen LogP contribution is 2.33. The number of nitrogens with two attached hydrogens (primary N) is 1. The third kappa shape index (κ3) is 1.99. The predicted octanol–water partition coefficient (Wildman–Crippen LogP) is 0.932. The van der Waals surface area contributed by atoms with Crippen molar-refractivity contribution in [1.29, 1.82) is 5.26 Å². The number of hydrogen-bond donors (Lipinski definition) is 2. The van der Waals surface area contributed by atoms with Crippen LogP contribution in [-0.2, 0) is 13.1 Å². The van der Waals surface area contributed by atoms with Crippen molar-refractivity contribution >= 4 is 5.91 Å². The first-order valence-electron chi connectivity index (χ1n) is 6.73. The third-order valence-electron chi connectivity index (χ3n) is 3.80. The van der Waals surface area contributed by atoms with Gasteiger partial charge in [-0.2, -0.15) is 5.26 Å². The molecule has 3 heterocycles. The summed E-state index contributed by atoms with van der Waals surface area (Å²) in [5.41, 5.74) is 9.38. The Balaban J connectivity index is 2.38. The second-order valence-electron chi connectivity index (χ2n) is 4.99. The third-order valence-corrected chi connectivity index (χ3v) is 3.80. The highest BCUT2D eigenvalue weighted by Gasteiger charge is 2.28. The summed E-state index contributed by atoms with van der Waals surface area (Å²) >= 11 is 0. The van der Waals surface area contributed by atoms with Gasteiger partial charge in [-0.1, -0.05) is 0 Å². The van der Waals surface area contributed by atoms with Crippen LogP contribution in [0.15, 0.2) is 18.3 Å². The molecule has 0 saturated carbocycles. The van der Waals surface area contributed by atoms with E-state index in [1.54, 1.807) is 6.20 Å². The maximum atomic E-state index is 11.8. The number of primary amides is 1. The van der Waals surface area contributed by atoms with Crippen molar-refractivity contribution < 1.29 is 4.79 Å². The first-order valence-corrected chi connectivity index (χ1v) is 6.73. The van der Waals surface area contributed by atoms with Gasteiger partial charge in [-0.25, -0.2) is 0 Å². The summed E-state index contributed by atoms with van der Waals surface area (Å²) in [6, 6.07) is 5.89. The standard InChI is InChI=1S/C15H15N5O/c1-9-10(3-2-4-19-9)14-11(7-16)13(15(17)21)12-8-18-5-6-20(12)14/h2-4,18H,5-6,8H2,1H3,(H2,17,21). The first-order chi connectivity index (χ1) is 10.1. The molecule has 0 aromatic carbocycles. The van der Waals surface area contributed by atoms with Gasteiger partial charge >= 0.3 is 0 Å². The van der Waals surface area contributed by atoms with Gasteiger partial charge in [-0.3, -0.25) is 9.78 Å². The number of carbonyl (C=O) groups excluding carboxylic acids is 1. The lowest BCUT2D eigenvalue weighted by Gasteiger charge is -2.20. The fourth-order valence-corrected chi connectivity index (χ4v) is 2.88. The van der Waals surface area contributed by atoms with Crippen molar-refractivity contribution in [2.75, 3.05) is 6.54 Å². The molecular weight excluding hydrogens is 266 g/mol. The Morgan fingerprint density at radius 1 is 1.57 bits per heavy atom. The van der Waals surface area contributed by atoms with E-state index in [1.807, 2.05) is 23.6 Å². The lowest BCUT2D eigenvalue weighted by molar-refractivity contribution is 0.0998. The molecule has 1 aliphatic heterocycles. The number of amides is 1. The van der Waals surface area contributed by atoms with Crippen LogP contribution >= 0.6 is 0 Å². The summed E-state index contributed by atoms with van der Waals surface area (Å²) in [7, 11) is 0. The zero-order chi connectivity index (χ0) is 15.0. The minimum atomic E-state index is -0.563. The van der Waals surface area contributed by atoms with E-state index in [-0.39, 0.29) is 0 Å². The Labute approximate surface area is 122 Å². The van der Waals surface area contributed by atoms with Crippen molar-refractivity contribution in [3.63, 3.8) is 0 Å². The number of nitriles is 1. The monoisotopic (exact) mass is 281 g/mol. The van der Waals surface area contributed by atoms with Gasteiger partial charge in [0.25, 0.3) is 5.91 Å². The molecule has 2 aromatic rings. The van der Waals surface area contributed by atoms with Crippen molar-refractivity contribution in [3.8, 4) is 17.3 Å². The van der Waals surface area contributed by atoms with E-state index in [4.69, 9.17) is 5.73 Å². The van der Waals surface area contributed by atoms with Gasteiger partial charge < -0.3 is 15.6 Å². The van der Waals surface area contributed by atoms with Crippen LogP contribution in [0.4, 0.5) is 0 Å². The normalized spacial score (nSPS) is 13.5. The lowest BCUT2D eigenvalue weighted by Crippen LogP contribution is -2.30. The van der Waals surface area contributed by atoms with Crippen LogP contribution in [0.2, 0.25) is 0 Å². The van der Waals surface area contributed by atoms with Crippen molar-refractivity contribution in [1.82, 2.24) is 14.9 Å². The van der Waals surface area contributed by atoms with Gasteiger partial charge in [0.2, 0.25) is 0 Å². The summed E-state index contributed by atoms with van der Waals surface area (Å²) in [5, 5.41) is 12.8. The SMILES string of the molecule is Cc1ncccc1-c1c(C#N)c(C(N)=O)c2n1CCNC2. The smallest absolute Gasteiger partial charge is 0.251 e. The first kappa shape index (κ1) is 13.3. The molecule has 3 N–H and O–H groups in total. The van der Waals surface area contributed by atoms with Crippen LogP contribution in [0.1, 0.15) is 27.3 Å². The summed E-state index contributed by atoms with van der Waals surface area (Å²) in [6.07, 6.45) is 1.71. The van der Waals surface area contributed by atoms with Gasteiger partial charge in [0.15, 0.2) is 0 Å². The molecule has 3 rings (SSSR count). The van der Waals surface area contributed by atoms with Crippen LogP contribution in [0, 0.1) is 18.3 Å². The van der Waals surface area contributed by atoms with Crippen LogP contribution in [-0.4, -0.2) is 22.0 Å². The summed E-state index contributed by atoms with van der Waals surface area (Å²) in [5.74, 6) is -0.563. The average Bonchev–Trinajstić information content (AvgIpc) is 2.82. The number of rotatable bonds is 2. The summed E-state index contributed by atoms with van der Waals surface area (Å²) in [4.78, 5) is 16.1. The number of fused-ring (bicyclic) bond motifs is 1. The van der Waals surface area contributed by atoms with E-state index in [2.05, 4.69) is 16.4 Å². The van der Waals surface area contributed by atoms with E-state index in [0.717, 1.165) is 29.2 Å². The van der Waals surface area contributed by atoms with Gasteiger partial charge in [0, 0.05) is 42.8 Å². The molecule has 0 spiro atoms. The number of aromatic nitrogens is 2. The number of carbonyl (C=O) groups is 1. The number of hydrogen-bond acceptors (Lipinski definition) is 4. The number of nitrogens with one attached hydrogen (secondary N) is 1. The van der Waals surface area contributed by atoms with Crippen molar-refractivity contribution in [2.45, 2.75) is 20.0 Å². The average molecular weight is 281 g/mol. The number of pyridine rings is 1. The van der Waals surface area contributed by atoms with Crippen LogP contribution < -0.4 is 11.1 Å². The van der Waals surface area contributed by atoms with E-state index in [1.165, 1.54) is 0 Å². The van der Waals surface area contributed by atoms with E-state index >= 15 is 0 Å². The van der Waals surface area contributed by atoms with E-state index in [9.17, 15) is 10.1 Å². The Bertz CT molecular complexity index is 769. The second kappa shape index (κ2) is 5.04. The predicted molar refractivity (Wildman–Crippen MR) is 77.3 cm³/mol. The Kier molecular flexibility index (Phi) is 3.20. The Hall–Kier alpha value is -2.65. The fraction of sp³-hybridized carbons (Fsp3) is 0.267. The van der Waals surface area contributed by atoms with Crippen LogP contribution in [0.3, 0.4) is 0 Å². The number of nitrogens with zero attached hydrogens (tertiary/aromatic N) is 3.